The van der Waals surface area contributed by atoms with Crippen molar-refractivity contribution >= 4 is 34.1 Å². The third-order valence-electron chi connectivity index (χ3n) is 7.24. The second-order valence-electron chi connectivity index (χ2n) is 9.55. The maximum Gasteiger partial charge on any atom is 0.338 e. The molecule has 10 heteroatoms. The molecule has 3 heterocycles. The molecule has 1 N–H and O–H groups in total. The molecule has 0 radical (unpaired) electrons. The number of nitrogens with zero attached hydrogens (tertiary/aromatic N) is 6. The van der Waals surface area contributed by atoms with E-state index < -0.39 is 12.0 Å². The highest BCUT2D eigenvalue weighted by molar-refractivity contribution is 5.95. The molecule has 0 fully saturated rings. The van der Waals surface area contributed by atoms with Crippen molar-refractivity contribution in [2.75, 3.05) is 6.61 Å². The van der Waals surface area contributed by atoms with Crippen LogP contribution in [0.4, 0.5) is 4.79 Å². The van der Waals surface area contributed by atoms with Crippen molar-refractivity contribution in [3.05, 3.63) is 102 Å². The Bertz CT molecular complexity index is 1770. The van der Waals surface area contributed by atoms with Crippen LogP contribution in [0.25, 0.3) is 22.1 Å². The zero-order valence-electron chi connectivity index (χ0n) is 22.1. The van der Waals surface area contributed by atoms with E-state index in [1.54, 1.807) is 60.6 Å². The monoisotopic (exact) mass is 536 g/mol. The minimum absolute atomic E-state index is 0.0237. The zero-order valence-corrected chi connectivity index (χ0v) is 22.1. The predicted molar refractivity (Wildman–Crippen MR) is 149 cm³/mol. The Kier molecular flexibility index (Phi) is 6.43. The van der Waals surface area contributed by atoms with E-state index in [1.807, 2.05) is 57.7 Å². The Morgan fingerprint density at radius 1 is 0.875 bits per heavy atom. The number of aromatic nitrogens is 4. The lowest BCUT2D eigenvalue weighted by Gasteiger charge is -2.43. The van der Waals surface area contributed by atoms with Crippen LogP contribution in [-0.2, 0) is 22.9 Å². The molecule has 3 aromatic carbocycles. The topological polar surface area (TPSA) is 106 Å². The fourth-order valence-corrected chi connectivity index (χ4v) is 5.29. The maximum absolute atomic E-state index is 14.4. The molecule has 1 aliphatic heterocycles. The molecule has 1 aliphatic rings. The van der Waals surface area contributed by atoms with E-state index in [4.69, 9.17) is 4.74 Å². The maximum atomic E-state index is 14.4. The molecule has 1 atom stereocenters. The molecule has 0 aliphatic carbocycles. The molecule has 0 spiro atoms. The number of allylic oxidation sites excluding steroid dienone is 1. The summed E-state index contributed by atoms with van der Waals surface area (Å²) in [6, 6.07) is 20.8. The number of rotatable bonds is 7. The van der Waals surface area contributed by atoms with Crippen LogP contribution in [0.5, 0.6) is 5.75 Å². The molecule has 0 saturated heterocycles. The van der Waals surface area contributed by atoms with Gasteiger partial charge in [0.15, 0.2) is 0 Å². The summed E-state index contributed by atoms with van der Waals surface area (Å²) in [7, 11) is 0. The minimum Gasteiger partial charge on any atom is -0.508 e. The summed E-state index contributed by atoms with van der Waals surface area (Å²) in [5, 5.41) is 10.9. The van der Waals surface area contributed by atoms with Crippen LogP contribution in [0, 0.1) is 0 Å². The number of phenolic OH excluding ortho intramolecular Hbond substituents is 1. The molecule has 0 bridgehead atoms. The van der Waals surface area contributed by atoms with Gasteiger partial charge in [0, 0.05) is 11.3 Å². The average molecular weight is 537 g/mol. The van der Waals surface area contributed by atoms with Gasteiger partial charge in [-0.1, -0.05) is 42.5 Å². The van der Waals surface area contributed by atoms with Crippen LogP contribution in [0.3, 0.4) is 0 Å². The summed E-state index contributed by atoms with van der Waals surface area (Å²) in [4.78, 5) is 40.0. The van der Waals surface area contributed by atoms with Gasteiger partial charge in [0.2, 0.25) is 0 Å². The second-order valence-corrected chi connectivity index (χ2v) is 9.55. The minimum atomic E-state index is -0.898. The van der Waals surface area contributed by atoms with Gasteiger partial charge < -0.3 is 19.0 Å². The van der Waals surface area contributed by atoms with Crippen LogP contribution in [0.15, 0.2) is 96.7 Å². The van der Waals surface area contributed by atoms with Gasteiger partial charge >= 0.3 is 12.0 Å². The van der Waals surface area contributed by atoms with Crippen LogP contribution >= 0.6 is 0 Å². The number of fused-ring (bicyclic) bond motifs is 2. The summed E-state index contributed by atoms with van der Waals surface area (Å²) < 4.78 is 9.23. The molecule has 6 rings (SSSR count). The van der Waals surface area contributed by atoms with Gasteiger partial charge in [0.05, 0.1) is 52.9 Å². The van der Waals surface area contributed by atoms with Crippen molar-refractivity contribution in [2.45, 2.75) is 33.2 Å². The number of ether oxygens (including phenoxy) is 1. The number of para-hydroxylation sites is 5. The smallest absolute Gasteiger partial charge is 0.338 e. The summed E-state index contributed by atoms with van der Waals surface area (Å²) in [5.74, 6) is -0.578. The number of carbonyl (C=O) groups excluding carboxylic acids is 2. The van der Waals surface area contributed by atoms with E-state index in [9.17, 15) is 14.7 Å². The lowest BCUT2D eigenvalue weighted by molar-refractivity contribution is -0.139. The second kappa shape index (κ2) is 10.2. The lowest BCUT2D eigenvalue weighted by Crippen LogP contribution is -2.51. The fraction of sp³-hybridized carbons (Fsp3) is 0.200. The number of amides is 2. The first-order chi connectivity index (χ1) is 19.5. The number of benzene rings is 3. The van der Waals surface area contributed by atoms with E-state index in [2.05, 4.69) is 9.97 Å². The number of hydrogen-bond donors (Lipinski definition) is 1. The normalized spacial score (nSPS) is 15.8. The number of imidazole rings is 2. The Hall–Kier alpha value is -5.12. The molecule has 5 aromatic rings. The molecule has 1 unspecified atom stereocenters. The van der Waals surface area contributed by atoms with Crippen molar-refractivity contribution in [3.63, 3.8) is 0 Å². The third kappa shape index (κ3) is 4.23. The summed E-state index contributed by atoms with van der Waals surface area (Å²) >= 11 is 0. The summed E-state index contributed by atoms with van der Waals surface area (Å²) in [5.41, 5.74) is 4.42. The van der Waals surface area contributed by atoms with Gasteiger partial charge in [-0.15, -0.1) is 0 Å². The molecule has 40 heavy (non-hydrogen) atoms. The molecule has 2 amide bonds. The Labute approximate surface area is 230 Å². The number of carbonyl (C=O) groups is 2. The predicted octanol–water partition coefficient (Wildman–Crippen LogP) is 5.02. The van der Waals surface area contributed by atoms with E-state index in [-0.39, 0.29) is 37.3 Å². The standard InChI is InChI=1S/C30H28N6O4/c1-3-40-29(38)27-20(2)35(18-33-16-31-22-11-5-7-13-24(22)33)30(39)36(28(27)21-10-4-9-15-26(21)37)19-34-17-32-23-12-6-8-14-25(23)34/h4-17,28,37H,3,18-19H2,1-2H3. The first kappa shape index (κ1) is 25.2. The van der Waals surface area contributed by atoms with Crippen LogP contribution < -0.4 is 0 Å². The van der Waals surface area contributed by atoms with Gasteiger partial charge in [0.1, 0.15) is 19.1 Å². The third-order valence-corrected chi connectivity index (χ3v) is 7.24. The molecule has 2 aromatic heterocycles. The Balaban J connectivity index is 1.52. The highest BCUT2D eigenvalue weighted by atomic mass is 16.5. The number of phenols is 1. The van der Waals surface area contributed by atoms with Gasteiger partial charge in [0.25, 0.3) is 0 Å². The van der Waals surface area contributed by atoms with Crippen LogP contribution in [0.1, 0.15) is 25.5 Å². The number of esters is 1. The number of urea groups is 1. The van der Waals surface area contributed by atoms with E-state index in [0.717, 1.165) is 22.1 Å². The highest BCUT2D eigenvalue weighted by Crippen LogP contribution is 2.41. The van der Waals surface area contributed by atoms with Crippen molar-refractivity contribution in [1.82, 2.24) is 28.9 Å². The summed E-state index contributed by atoms with van der Waals surface area (Å²) in [6.07, 6.45) is 3.35. The van der Waals surface area contributed by atoms with Gasteiger partial charge in [-0.2, -0.15) is 0 Å². The molecule has 10 nitrogen and oxygen atoms in total. The van der Waals surface area contributed by atoms with Crippen molar-refractivity contribution < 1.29 is 19.4 Å². The van der Waals surface area contributed by atoms with E-state index in [0.29, 0.717) is 11.3 Å². The van der Waals surface area contributed by atoms with Gasteiger partial charge in [-0.05, 0) is 44.2 Å². The first-order valence-electron chi connectivity index (χ1n) is 13.0. The van der Waals surface area contributed by atoms with Crippen LogP contribution in [0.2, 0.25) is 0 Å². The largest absolute Gasteiger partial charge is 0.508 e. The summed E-state index contributed by atoms with van der Waals surface area (Å²) in [6.45, 7) is 3.84. The lowest BCUT2D eigenvalue weighted by atomic mass is 9.92. The zero-order chi connectivity index (χ0) is 27.8. The quantitative estimate of drug-likeness (QED) is 0.293. The van der Waals surface area contributed by atoms with Crippen LogP contribution in [-0.4, -0.2) is 52.6 Å². The van der Waals surface area contributed by atoms with Crippen molar-refractivity contribution in [3.8, 4) is 5.75 Å². The average Bonchev–Trinajstić information content (AvgIpc) is 3.57. The SMILES string of the molecule is CCOC(=O)C1=C(C)N(Cn2cnc3ccccc32)C(=O)N(Cn2cnc3ccccc32)C1c1ccccc1O. The molecule has 0 saturated carbocycles. The Morgan fingerprint density at radius 3 is 2.08 bits per heavy atom. The highest BCUT2D eigenvalue weighted by Gasteiger charge is 2.43. The fourth-order valence-electron chi connectivity index (χ4n) is 5.29. The van der Waals surface area contributed by atoms with E-state index >= 15 is 0 Å². The van der Waals surface area contributed by atoms with Gasteiger partial charge in [-0.25, -0.2) is 19.6 Å². The van der Waals surface area contributed by atoms with Crippen molar-refractivity contribution in [1.29, 1.82) is 0 Å². The van der Waals surface area contributed by atoms with Crippen molar-refractivity contribution in [2.24, 2.45) is 0 Å². The first-order valence-corrected chi connectivity index (χ1v) is 13.0. The Morgan fingerprint density at radius 2 is 1.45 bits per heavy atom. The van der Waals surface area contributed by atoms with E-state index in [1.165, 1.54) is 0 Å². The number of hydrogen-bond acceptors (Lipinski definition) is 6. The number of aromatic hydroxyl groups is 1. The molecular weight excluding hydrogens is 508 g/mol. The molecule has 202 valence electrons. The van der Waals surface area contributed by atoms with Gasteiger partial charge in [-0.3, -0.25) is 9.80 Å². The molecular formula is C30H28N6O4.